The van der Waals surface area contributed by atoms with Crippen LogP contribution in [0.2, 0.25) is 0 Å². The van der Waals surface area contributed by atoms with Gasteiger partial charge in [0, 0.05) is 0 Å². The molecule has 0 aliphatic rings. The van der Waals surface area contributed by atoms with Gasteiger partial charge in [-0.15, -0.1) is 0 Å². The average molecular weight is 96.2 g/mol. The lowest BCUT2D eigenvalue weighted by molar-refractivity contribution is 1.26. The minimum Gasteiger partial charge on any atom is -0.387 e. The van der Waals surface area contributed by atoms with Crippen LogP contribution in [0.5, 0.6) is 0 Å². The van der Waals surface area contributed by atoms with Gasteiger partial charge in [-0.05, 0) is 24.5 Å². The molecule has 6 heavy (non-hydrogen) atoms. The Labute approximate surface area is 40.1 Å². The largest absolute Gasteiger partial charge is 0.387 e. The first-order chi connectivity index (χ1) is 2.89. The normalized spacial score (nSPS) is 8.83. The molecule has 0 N–H and O–H groups in total. The second kappa shape index (κ2) is 1.30. The van der Waals surface area contributed by atoms with E-state index in [-0.39, 0.29) is 0 Å². The molecular formula is C4H6NSi. The molecule has 0 aliphatic heterocycles. The fourth-order valence-corrected chi connectivity index (χ4v) is 0.614. The van der Waals surface area contributed by atoms with Crippen LogP contribution in [0.3, 0.4) is 0 Å². The molecule has 1 aromatic heterocycles. The van der Waals surface area contributed by atoms with Gasteiger partial charge in [-0.1, -0.05) is 0 Å². The molecule has 1 nitrogen and oxygen atoms in total. The third-order valence-electron chi connectivity index (χ3n) is 0.666. The molecule has 1 aromatic rings. The highest BCUT2D eigenvalue weighted by atomic mass is 28.2. The Kier molecular flexibility index (Phi) is 0.799. The zero-order valence-corrected chi connectivity index (χ0v) is 4.88. The molecule has 0 aromatic carbocycles. The van der Waals surface area contributed by atoms with Crippen LogP contribution in [0.15, 0.2) is 24.5 Å². The molecule has 2 heteroatoms. The summed E-state index contributed by atoms with van der Waals surface area (Å²) < 4.78 is 2.03. The minimum atomic E-state index is 1.82. The van der Waals surface area contributed by atoms with Crippen LogP contribution in [-0.4, -0.2) is 14.6 Å². The monoisotopic (exact) mass is 96.0 g/mol. The van der Waals surface area contributed by atoms with Crippen LogP contribution in [0.1, 0.15) is 0 Å². The maximum Gasteiger partial charge on any atom is 0.136 e. The fourth-order valence-electron chi connectivity index (χ4n) is 0.370. The molecule has 1 heterocycles. The van der Waals surface area contributed by atoms with Gasteiger partial charge < -0.3 is 4.23 Å². The van der Waals surface area contributed by atoms with E-state index in [9.17, 15) is 0 Å². The number of nitrogens with zero attached hydrogens (tertiary/aromatic N) is 1. The van der Waals surface area contributed by atoms with Gasteiger partial charge in [0.1, 0.15) is 10.4 Å². The van der Waals surface area contributed by atoms with Crippen molar-refractivity contribution in [3.63, 3.8) is 0 Å². The average Bonchev–Trinajstić information content (AvgIpc) is 1.86. The maximum atomic E-state index is 2.03. The van der Waals surface area contributed by atoms with E-state index in [4.69, 9.17) is 0 Å². The quantitative estimate of drug-likeness (QED) is 0.397. The lowest BCUT2D eigenvalue weighted by Crippen LogP contribution is -1.80. The minimum absolute atomic E-state index is 1.82. The van der Waals surface area contributed by atoms with Gasteiger partial charge in [0.15, 0.2) is 0 Å². The van der Waals surface area contributed by atoms with Crippen molar-refractivity contribution in [3.05, 3.63) is 24.5 Å². The lowest BCUT2D eigenvalue weighted by atomic mass is 10.7. The topological polar surface area (TPSA) is 4.93 Å². The van der Waals surface area contributed by atoms with Crippen LogP contribution in [0.4, 0.5) is 0 Å². The standard InChI is InChI=1S/C4H6NSi/c6-5-3-1-2-4-5/h1-4H,6H2. The molecule has 0 saturated carbocycles. The second-order valence-corrected chi connectivity index (χ2v) is 1.93. The first kappa shape index (κ1) is 3.68. The highest BCUT2D eigenvalue weighted by Crippen LogP contribution is 1.79. The van der Waals surface area contributed by atoms with Crippen molar-refractivity contribution in [2.45, 2.75) is 0 Å². The van der Waals surface area contributed by atoms with E-state index in [1.54, 1.807) is 0 Å². The Morgan fingerprint density at radius 3 is 1.83 bits per heavy atom. The SMILES string of the molecule is [SiH2]n1cccc1. The first-order valence-corrected chi connectivity index (χ1v) is 2.47. The highest BCUT2D eigenvalue weighted by Gasteiger charge is 1.68. The summed E-state index contributed by atoms with van der Waals surface area (Å²) in [6, 6.07) is 4.01. The summed E-state index contributed by atoms with van der Waals surface area (Å²) in [5.74, 6) is 0. The molecule has 0 amide bonds. The summed E-state index contributed by atoms with van der Waals surface area (Å²) in [6.45, 7) is 0. The second-order valence-electron chi connectivity index (χ2n) is 1.20. The van der Waals surface area contributed by atoms with Crippen molar-refractivity contribution in [1.29, 1.82) is 0 Å². The maximum absolute atomic E-state index is 2.03. The van der Waals surface area contributed by atoms with Crippen LogP contribution >= 0.6 is 0 Å². The summed E-state index contributed by atoms with van der Waals surface area (Å²) in [4.78, 5) is 0. The van der Waals surface area contributed by atoms with Gasteiger partial charge in [-0.3, -0.25) is 0 Å². The Morgan fingerprint density at radius 2 is 1.67 bits per heavy atom. The van der Waals surface area contributed by atoms with Crippen molar-refractivity contribution >= 4 is 10.4 Å². The summed E-state index contributed by atoms with van der Waals surface area (Å²) >= 11 is 0. The first-order valence-electron chi connectivity index (χ1n) is 1.83. The molecular weight excluding hydrogens is 90.1 g/mol. The molecule has 0 aliphatic carbocycles. The van der Waals surface area contributed by atoms with Gasteiger partial charge in [-0.2, -0.15) is 0 Å². The van der Waals surface area contributed by atoms with E-state index < -0.39 is 0 Å². The molecule has 0 atom stereocenters. The van der Waals surface area contributed by atoms with E-state index in [0.29, 0.717) is 0 Å². The van der Waals surface area contributed by atoms with Crippen molar-refractivity contribution in [2.75, 3.05) is 0 Å². The predicted molar refractivity (Wildman–Crippen MR) is 28.4 cm³/mol. The van der Waals surface area contributed by atoms with Crippen molar-refractivity contribution in [2.24, 2.45) is 0 Å². The number of hydrogen-bond acceptors (Lipinski definition) is 0. The third-order valence-corrected chi connectivity index (χ3v) is 1.09. The van der Waals surface area contributed by atoms with E-state index in [2.05, 4.69) is 0 Å². The molecule has 1 radical (unpaired) electrons. The molecule has 0 bridgehead atoms. The van der Waals surface area contributed by atoms with E-state index in [0.717, 1.165) is 0 Å². The van der Waals surface area contributed by atoms with Gasteiger partial charge >= 0.3 is 0 Å². The number of rotatable bonds is 0. The lowest BCUT2D eigenvalue weighted by Gasteiger charge is -1.78. The highest BCUT2D eigenvalue weighted by molar-refractivity contribution is 6.06. The zero-order chi connectivity index (χ0) is 4.41. The summed E-state index contributed by atoms with van der Waals surface area (Å²) in [7, 11) is 1.82. The summed E-state index contributed by atoms with van der Waals surface area (Å²) in [5, 5.41) is 0. The van der Waals surface area contributed by atoms with Gasteiger partial charge in [0.2, 0.25) is 0 Å². The van der Waals surface area contributed by atoms with E-state index in [1.807, 2.05) is 39.2 Å². The molecule has 0 unspecified atom stereocenters. The number of hydrogen-bond donors (Lipinski definition) is 0. The van der Waals surface area contributed by atoms with Crippen LogP contribution in [-0.2, 0) is 0 Å². The van der Waals surface area contributed by atoms with Crippen molar-refractivity contribution < 1.29 is 0 Å². The van der Waals surface area contributed by atoms with Crippen LogP contribution in [0.25, 0.3) is 0 Å². The van der Waals surface area contributed by atoms with Crippen LogP contribution in [0, 0.1) is 0 Å². The third kappa shape index (κ3) is 0.516. The molecule has 0 saturated heterocycles. The predicted octanol–water partition coefficient (Wildman–Crippen LogP) is -0.116. The van der Waals surface area contributed by atoms with Crippen LogP contribution < -0.4 is 0 Å². The van der Waals surface area contributed by atoms with Crippen molar-refractivity contribution in [3.8, 4) is 0 Å². The smallest absolute Gasteiger partial charge is 0.136 e. The Morgan fingerprint density at radius 1 is 1.17 bits per heavy atom. The Hall–Kier alpha value is -0.503. The Bertz CT molecular complexity index is 111. The van der Waals surface area contributed by atoms with Crippen molar-refractivity contribution in [1.82, 2.24) is 4.23 Å². The molecule has 0 fully saturated rings. The van der Waals surface area contributed by atoms with Gasteiger partial charge in [0.25, 0.3) is 0 Å². The molecule has 1 rings (SSSR count). The van der Waals surface area contributed by atoms with Gasteiger partial charge in [-0.25, -0.2) is 0 Å². The summed E-state index contributed by atoms with van der Waals surface area (Å²) in [5.41, 5.74) is 0. The number of aromatic nitrogens is 1. The van der Waals surface area contributed by atoms with Gasteiger partial charge in [0.05, 0.1) is 0 Å². The Balaban J connectivity index is 3.05. The summed E-state index contributed by atoms with van der Waals surface area (Å²) in [6.07, 6.45) is 4.02. The van der Waals surface area contributed by atoms with E-state index in [1.165, 1.54) is 0 Å². The molecule has 0 spiro atoms. The molecule has 31 valence electrons. The fraction of sp³-hybridized carbons (Fsp3) is 0. The zero-order valence-electron chi connectivity index (χ0n) is 3.46. The van der Waals surface area contributed by atoms with E-state index >= 15 is 0 Å².